The van der Waals surface area contributed by atoms with Crippen LogP contribution in [0.5, 0.6) is 11.5 Å². The van der Waals surface area contributed by atoms with Crippen LogP contribution in [0.25, 0.3) is 32.2 Å². The van der Waals surface area contributed by atoms with Gasteiger partial charge in [0, 0.05) is 21.7 Å². The van der Waals surface area contributed by atoms with E-state index in [1.165, 1.54) is 11.3 Å². The Morgan fingerprint density at radius 2 is 1.58 bits per heavy atom. The van der Waals surface area contributed by atoms with Crippen molar-refractivity contribution in [3.63, 3.8) is 0 Å². The summed E-state index contributed by atoms with van der Waals surface area (Å²) in [5.41, 5.74) is 2.67. The van der Waals surface area contributed by atoms with Crippen molar-refractivity contribution < 1.29 is 19.0 Å². The molecular weight excluding hydrogens is 436 g/mol. The van der Waals surface area contributed by atoms with Crippen LogP contribution < -0.4 is 9.47 Å². The van der Waals surface area contributed by atoms with Crippen molar-refractivity contribution >= 4 is 39.0 Å². The average molecular weight is 457 g/mol. The van der Waals surface area contributed by atoms with E-state index in [0.717, 1.165) is 27.2 Å². The van der Waals surface area contributed by atoms with Gasteiger partial charge in [0.05, 0.1) is 25.4 Å². The van der Waals surface area contributed by atoms with Crippen LogP contribution in [0.15, 0.2) is 72.1 Å². The van der Waals surface area contributed by atoms with E-state index in [-0.39, 0.29) is 12.3 Å². The van der Waals surface area contributed by atoms with Gasteiger partial charge in [-0.1, -0.05) is 42.5 Å². The van der Waals surface area contributed by atoms with E-state index >= 15 is 0 Å². The molecule has 0 aliphatic carbocycles. The van der Waals surface area contributed by atoms with Crippen LogP contribution in [0.2, 0.25) is 0 Å². The molecule has 0 amide bonds. The second-order valence-electron chi connectivity index (χ2n) is 7.31. The minimum atomic E-state index is -0.489. The van der Waals surface area contributed by atoms with Crippen molar-refractivity contribution in [3.8, 4) is 22.1 Å². The summed E-state index contributed by atoms with van der Waals surface area (Å²) in [6.07, 6.45) is 0. The van der Waals surface area contributed by atoms with Gasteiger partial charge in [-0.15, -0.1) is 11.3 Å². The summed E-state index contributed by atoms with van der Waals surface area (Å²) in [7, 11) is 3.17. The fraction of sp³-hybridized carbons (Fsp3) is 0.115. The molecule has 6 nitrogen and oxygen atoms in total. The number of nitrogens with zero attached hydrogens (tertiary/aromatic N) is 2. The lowest BCUT2D eigenvalue weighted by molar-refractivity contribution is 0.0464. The molecule has 0 saturated heterocycles. The minimum absolute atomic E-state index is 0.0629. The van der Waals surface area contributed by atoms with Crippen LogP contribution in [0.3, 0.4) is 0 Å². The zero-order valence-corrected chi connectivity index (χ0v) is 18.9. The molecule has 0 unspecified atom stereocenters. The van der Waals surface area contributed by atoms with Gasteiger partial charge in [0.2, 0.25) is 0 Å². The third-order valence-electron chi connectivity index (χ3n) is 5.37. The van der Waals surface area contributed by atoms with Crippen molar-refractivity contribution in [2.75, 3.05) is 14.2 Å². The van der Waals surface area contributed by atoms with Crippen LogP contribution in [0.1, 0.15) is 16.2 Å². The Labute approximate surface area is 194 Å². The van der Waals surface area contributed by atoms with E-state index in [0.29, 0.717) is 22.2 Å². The molecule has 0 N–H and O–H groups in total. The lowest BCUT2D eigenvalue weighted by atomic mass is 10.0. The lowest BCUT2D eigenvalue weighted by Gasteiger charge is -2.10. The molecule has 0 fully saturated rings. The molecular formula is C26H20N2O4S. The van der Waals surface area contributed by atoms with Gasteiger partial charge in [0.25, 0.3) is 0 Å². The monoisotopic (exact) mass is 456 g/mol. The molecule has 3 aromatic carbocycles. The van der Waals surface area contributed by atoms with Crippen molar-refractivity contribution in [2.45, 2.75) is 6.61 Å². The predicted molar refractivity (Wildman–Crippen MR) is 129 cm³/mol. The largest absolute Gasteiger partial charge is 0.493 e. The first-order valence-corrected chi connectivity index (χ1v) is 11.2. The van der Waals surface area contributed by atoms with E-state index in [1.807, 2.05) is 60.7 Å². The Bertz CT molecular complexity index is 1480. The highest BCUT2D eigenvalue weighted by Gasteiger charge is 2.16. The summed E-state index contributed by atoms with van der Waals surface area (Å²) in [5, 5.41) is 5.51. The maximum absolute atomic E-state index is 12.7. The summed E-state index contributed by atoms with van der Waals surface area (Å²) in [5.74, 6) is 0.744. The highest BCUT2D eigenvalue weighted by Crippen LogP contribution is 2.34. The Morgan fingerprint density at radius 1 is 0.848 bits per heavy atom. The molecule has 0 saturated carbocycles. The van der Waals surface area contributed by atoms with E-state index < -0.39 is 5.97 Å². The molecule has 33 heavy (non-hydrogen) atoms. The van der Waals surface area contributed by atoms with E-state index in [2.05, 4.69) is 11.1 Å². The minimum Gasteiger partial charge on any atom is -0.493 e. The molecule has 0 aliphatic heterocycles. The number of ether oxygens (including phenoxy) is 3. The Hall–Kier alpha value is -3.97. The Kier molecular flexibility index (Phi) is 5.62. The smallest absolute Gasteiger partial charge is 0.358 e. The van der Waals surface area contributed by atoms with Crippen molar-refractivity contribution in [2.24, 2.45) is 0 Å². The zero-order valence-electron chi connectivity index (χ0n) is 18.1. The maximum Gasteiger partial charge on any atom is 0.358 e. The number of rotatable bonds is 6. The number of methoxy groups -OCH3 is 2. The van der Waals surface area contributed by atoms with Gasteiger partial charge in [0.1, 0.15) is 11.6 Å². The fourth-order valence-corrected chi connectivity index (χ4v) is 4.55. The van der Waals surface area contributed by atoms with E-state index in [4.69, 9.17) is 19.2 Å². The highest BCUT2D eigenvalue weighted by molar-refractivity contribution is 7.13. The standard InChI is InChI=1S/C26H20N2O4S/c1-30-23-12-11-16(13-24(23)31-2)25-28-22(15-33-25)26(29)32-14-21-19-9-4-3-7-17(19)18-8-5-6-10-20(18)27-21/h3-13,15H,14H2,1-2H3. The van der Waals surface area contributed by atoms with Crippen LogP contribution in [0, 0.1) is 0 Å². The second kappa shape index (κ2) is 8.88. The summed E-state index contributed by atoms with van der Waals surface area (Å²) >= 11 is 1.37. The number of carbonyl (C=O) groups excluding carboxylic acids is 1. The van der Waals surface area contributed by atoms with Crippen LogP contribution in [-0.4, -0.2) is 30.2 Å². The first-order chi connectivity index (χ1) is 16.2. The van der Waals surface area contributed by atoms with Gasteiger partial charge in [-0.25, -0.2) is 14.8 Å². The number of hydrogen-bond acceptors (Lipinski definition) is 7. The second-order valence-corrected chi connectivity index (χ2v) is 8.16. The number of fused-ring (bicyclic) bond motifs is 3. The molecule has 7 heteroatoms. The lowest BCUT2D eigenvalue weighted by Crippen LogP contribution is -2.07. The number of esters is 1. The number of aromatic nitrogens is 2. The molecule has 0 aliphatic rings. The third kappa shape index (κ3) is 3.99. The molecule has 0 spiro atoms. The van der Waals surface area contributed by atoms with Gasteiger partial charge in [-0.3, -0.25) is 0 Å². The first kappa shape index (κ1) is 20.9. The predicted octanol–water partition coefficient (Wildman–Crippen LogP) is 5.89. The quantitative estimate of drug-likeness (QED) is 0.235. The fourth-order valence-electron chi connectivity index (χ4n) is 3.76. The molecule has 5 aromatic rings. The van der Waals surface area contributed by atoms with Crippen LogP contribution in [-0.2, 0) is 11.3 Å². The Morgan fingerprint density at radius 3 is 2.36 bits per heavy atom. The average Bonchev–Trinajstić information content (AvgIpc) is 3.37. The number of hydrogen-bond donors (Lipinski definition) is 0. The first-order valence-electron chi connectivity index (χ1n) is 10.3. The van der Waals surface area contributed by atoms with Crippen molar-refractivity contribution in [3.05, 3.63) is 83.5 Å². The van der Waals surface area contributed by atoms with E-state index in [1.54, 1.807) is 19.6 Å². The van der Waals surface area contributed by atoms with Gasteiger partial charge >= 0.3 is 5.97 Å². The number of pyridine rings is 1. The van der Waals surface area contributed by atoms with E-state index in [9.17, 15) is 4.79 Å². The number of thiazole rings is 1. The van der Waals surface area contributed by atoms with Crippen LogP contribution in [0.4, 0.5) is 0 Å². The number of para-hydroxylation sites is 1. The van der Waals surface area contributed by atoms with Crippen molar-refractivity contribution in [1.82, 2.24) is 9.97 Å². The Balaban J connectivity index is 1.38. The van der Waals surface area contributed by atoms with Gasteiger partial charge in [-0.05, 0) is 29.7 Å². The van der Waals surface area contributed by atoms with Crippen LogP contribution >= 0.6 is 11.3 Å². The van der Waals surface area contributed by atoms with Gasteiger partial charge in [0.15, 0.2) is 17.2 Å². The maximum atomic E-state index is 12.7. The van der Waals surface area contributed by atoms with Crippen molar-refractivity contribution in [1.29, 1.82) is 0 Å². The normalized spacial score (nSPS) is 11.0. The molecule has 0 atom stereocenters. The summed E-state index contributed by atoms with van der Waals surface area (Å²) in [4.78, 5) is 21.9. The molecule has 2 heterocycles. The number of benzene rings is 3. The van der Waals surface area contributed by atoms with Gasteiger partial charge < -0.3 is 14.2 Å². The number of carbonyl (C=O) groups is 1. The summed E-state index contributed by atoms with van der Waals surface area (Å²) in [6.45, 7) is 0.0629. The third-order valence-corrected chi connectivity index (χ3v) is 6.26. The summed E-state index contributed by atoms with van der Waals surface area (Å²) < 4.78 is 16.2. The molecule has 164 valence electrons. The molecule has 5 rings (SSSR count). The molecule has 0 radical (unpaired) electrons. The zero-order chi connectivity index (χ0) is 22.8. The molecule has 2 aromatic heterocycles. The highest BCUT2D eigenvalue weighted by atomic mass is 32.1. The summed E-state index contributed by atoms with van der Waals surface area (Å²) in [6, 6.07) is 21.5. The SMILES string of the molecule is COc1ccc(-c2nc(C(=O)OCc3nc4ccccc4c4ccccc34)cs2)cc1OC. The molecule has 0 bridgehead atoms. The topological polar surface area (TPSA) is 70.5 Å². The van der Waals surface area contributed by atoms with Gasteiger partial charge in [-0.2, -0.15) is 0 Å².